The molecule has 180 valence electrons. The second kappa shape index (κ2) is 11.8. The highest BCUT2D eigenvalue weighted by atomic mass is 32.2. The van der Waals surface area contributed by atoms with E-state index in [-0.39, 0.29) is 5.97 Å². The molecule has 3 aromatic carbocycles. The molecule has 0 N–H and O–H groups in total. The Morgan fingerprint density at radius 2 is 1.77 bits per heavy atom. The zero-order valence-electron chi connectivity index (χ0n) is 19.9. The van der Waals surface area contributed by atoms with Crippen molar-refractivity contribution in [1.29, 1.82) is 0 Å². The van der Waals surface area contributed by atoms with Crippen molar-refractivity contribution in [3.05, 3.63) is 102 Å². The number of hydrogen-bond donors (Lipinski definition) is 0. The highest BCUT2D eigenvalue weighted by Crippen LogP contribution is 2.37. The van der Waals surface area contributed by atoms with E-state index in [2.05, 4.69) is 4.57 Å². The molecular weight excluding hydrogens is 462 g/mol. The summed E-state index contributed by atoms with van der Waals surface area (Å²) in [5.41, 5.74) is 5.26. The fourth-order valence-corrected chi connectivity index (χ4v) is 4.21. The third-order valence-corrected chi connectivity index (χ3v) is 6.00. The van der Waals surface area contributed by atoms with Crippen LogP contribution in [0.4, 0.5) is 0 Å². The Balaban J connectivity index is 1.76. The van der Waals surface area contributed by atoms with Gasteiger partial charge in [0, 0.05) is 21.8 Å². The molecule has 7 heteroatoms. The van der Waals surface area contributed by atoms with E-state index in [1.54, 1.807) is 13.0 Å². The van der Waals surface area contributed by atoms with Gasteiger partial charge in [-0.2, -0.15) is 4.33 Å². The van der Waals surface area contributed by atoms with Crippen molar-refractivity contribution < 1.29 is 23.5 Å². The first-order chi connectivity index (χ1) is 17.1. The number of aryl methyl sites for hydroxylation is 1. The number of aromatic nitrogens is 1. The maximum Gasteiger partial charge on any atom is 0.338 e. The first-order valence-corrected chi connectivity index (χ1v) is 12.0. The van der Waals surface area contributed by atoms with E-state index in [4.69, 9.17) is 18.7 Å². The highest BCUT2D eigenvalue weighted by Gasteiger charge is 2.17. The number of hydrogen-bond acceptors (Lipinski definition) is 6. The lowest BCUT2D eigenvalue weighted by Crippen LogP contribution is -2.07. The van der Waals surface area contributed by atoms with Crippen molar-refractivity contribution >= 4 is 18.0 Å². The van der Waals surface area contributed by atoms with Crippen LogP contribution in [-0.2, 0) is 20.6 Å². The SMILES string of the molecule is CCOC(=O)c1cccc(-n2c(C)ccc2-c2cc(SOOC)ccc2OCc2ccccc2)c1. The molecule has 0 spiro atoms. The van der Waals surface area contributed by atoms with Gasteiger partial charge in [0.1, 0.15) is 12.4 Å². The van der Waals surface area contributed by atoms with Crippen LogP contribution in [0.3, 0.4) is 0 Å². The lowest BCUT2D eigenvalue weighted by molar-refractivity contribution is -0.160. The van der Waals surface area contributed by atoms with Gasteiger partial charge in [-0.1, -0.05) is 36.4 Å². The Morgan fingerprint density at radius 3 is 2.54 bits per heavy atom. The van der Waals surface area contributed by atoms with Crippen LogP contribution in [0.1, 0.15) is 28.5 Å². The second-order valence-corrected chi connectivity index (χ2v) is 8.49. The van der Waals surface area contributed by atoms with Crippen LogP contribution < -0.4 is 4.74 Å². The Labute approximate surface area is 209 Å². The lowest BCUT2D eigenvalue weighted by atomic mass is 10.1. The average Bonchev–Trinajstić information content (AvgIpc) is 3.28. The van der Waals surface area contributed by atoms with Crippen molar-refractivity contribution in [2.75, 3.05) is 13.7 Å². The van der Waals surface area contributed by atoms with Gasteiger partial charge in [0.05, 0.1) is 37.0 Å². The van der Waals surface area contributed by atoms with Crippen molar-refractivity contribution in [2.45, 2.75) is 25.3 Å². The minimum Gasteiger partial charge on any atom is -0.488 e. The van der Waals surface area contributed by atoms with Gasteiger partial charge in [-0.15, -0.1) is 0 Å². The Kier molecular flexibility index (Phi) is 8.26. The summed E-state index contributed by atoms with van der Waals surface area (Å²) in [6, 6.07) is 27.4. The van der Waals surface area contributed by atoms with Gasteiger partial charge in [-0.3, -0.25) is 0 Å². The van der Waals surface area contributed by atoms with Gasteiger partial charge in [0.25, 0.3) is 0 Å². The Morgan fingerprint density at radius 1 is 0.943 bits per heavy atom. The van der Waals surface area contributed by atoms with Gasteiger partial charge >= 0.3 is 5.97 Å². The molecule has 4 aromatic rings. The van der Waals surface area contributed by atoms with E-state index in [0.29, 0.717) is 18.8 Å². The number of carbonyl (C=O) groups excluding carboxylic acids is 1. The molecule has 0 unspecified atom stereocenters. The molecule has 0 atom stereocenters. The van der Waals surface area contributed by atoms with Crippen LogP contribution in [0.25, 0.3) is 16.9 Å². The standard InChI is InChI=1S/C28H27NO5S/c1-4-32-28(30)22-11-8-12-23(17-22)29-20(2)13-15-26(29)25-18-24(35-34-31-3)14-16-27(25)33-19-21-9-6-5-7-10-21/h5-18H,4,19H2,1-3H3. The smallest absolute Gasteiger partial charge is 0.338 e. The predicted molar refractivity (Wildman–Crippen MR) is 137 cm³/mol. The highest BCUT2D eigenvalue weighted by molar-refractivity contribution is 7.94. The summed E-state index contributed by atoms with van der Waals surface area (Å²) in [4.78, 5) is 18.0. The molecule has 6 nitrogen and oxygen atoms in total. The van der Waals surface area contributed by atoms with Gasteiger partial charge in [0.15, 0.2) is 0 Å². The Hall–Kier alpha value is -3.52. The summed E-state index contributed by atoms with van der Waals surface area (Å²) in [5, 5.41) is 0. The second-order valence-electron chi connectivity index (χ2n) is 7.72. The quantitative estimate of drug-likeness (QED) is 0.106. The fraction of sp³-hybridized carbons (Fsp3) is 0.179. The molecule has 0 fully saturated rings. The largest absolute Gasteiger partial charge is 0.488 e. The molecule has 35 heavy (non-hydrogen) atoms. The molecule has 0 aliphatic heterocycles. The lowest BCUT2D eigenvalue weighted by Gasteiger charge is -2.17. The summed E-state index contributed by atoms with van der Waals surface area (Å²) in [6.45, 7) is 4.59. The van der Waals surface area contributed by atoms with E-state index < -0.39 is 0 Å². The molecule has 0 bridgehead atoms. The summed E-state index contributed by atoms with van der Waals surface area (Å²) in [7, 11) is 1.47. The van der Waals surface area contributed by atoms with Gasteiger partial charge < -0.3 is 14.0 Å². The van der Waals surface area contributed by atoms with Crippen molar-refractivity contribution in [1.82, 2.24) is 4.57 Å². The van der Waals surface area contributed by atoms with Crippen LogP contribution in [0.2, 0.25) is 0 Å². The number of esters is 1. The van der Waals surface area contributed by atoms with Gasteiger partial charge in [-0.25, -0.2) is 9.68 Å². The maximum atomic E-state index is 12.3. The summed E-state index contributed by atoms with van der Waals surface area (Å²) in [6.07, 6.45) is 0. The van der Waals surface area contributed by atoms with Gasteiger partial charge in [-0.05, 0) is 67.9 Å². The zero-order chi connectivity index (χ0) is 24.6. The molecular formula is C28H27NO5S. The summed E-state index contributed by atoms with van der Waals surface area (Å²) in [5.74, 6) is 0.388. The number of nitrogens with zero attached hydrogens (tertiary/aromatic N) is 1. The summed E-state index contributed by atoms with van der Waals surface area (Å²) >= 11 is 1.12. The molecule has 0 radical (unpaired) electrons. The van der Waals surface area contributed by atoms with Crippen molar-refractivity contribution in [3.8, 4) is 22.7 Å². The summed E-state index contributed by atoms with van der Waals surface area (Å²) < 4.78 is 18.6. The number of rotatable bonds is 10. The first kappa shape index (κ1) is 24.6. The molecule has 0 aliphatic carbocycles. The third-order valence-electron chi connectivity index (χ3n) is 5.35. The first-order valence-electron chi connectivity index (χ1n) is 11.2. The minimum absolute atomic E-state index is 0.326. The zero-order valence-corrected chi connectivity index (χ0v) is 20.7. The average molecular weight is 490 g/mol. The van der Waals surface area contributed by atoms with E-state index in [0.717, 1.165) is 50.9 Å². The van der Waals surface area contributed by atoms with Crippen LogP contribution in [0.15, 0.2) is 89.8 Å². The Bertz CT molecular complexity index is 1290. The molecule has 4 rings (SSSR count). The molecule has 1 aromatic heterocycles. The minimum atomic E-state index is -0.345. The van der Waals surface area contributed by atoms with Crippen molar-refractivity contribution in [3.63, 3.8) is 0 Å². The van der Waals surface area contributed by atoms with Gasteiger partial charge in [0.2, 0.25) is 0 Å². The van der Waals surface area contributed by atoms with Crippen molar-refractivity contribution in [2.24, 2.45) is 0 Å². The normalized spacial score (nSPS) is 10.8. The maximum absolute atomic E-state index is 12.3. The molecule has 1 heterocycles. The van der Waals surface area contributed by atoms with Crippen LogP contribution in [-0.4, -0.2) is 24.3 Å². The van der Waals surface area contributed by atoms with Crippen LogP contribution in [0.5, 0.6) is 5.75 Å². The van der Waals surface area contributed by atoms with Crippen LogP contribution in [0, 0.1) is 6.92 Å². The predicted octanol–water partition coefficient (Wildman–Crippen LogP) is 6.79. The topological polar surface area (TPSA) is 58.9 Å². The van der Waals surface area contributed by atoms with E-state index in [9.17, 15) is 4.79 Å². The number of carbonyl (C=O) groups is 1. The fourth-order valence-electron chi connectivity index (χ4n) is 3.77. The van der Waals surface area contributed by atoms with E-state index >= 15 is 0 Å². The van der Waals surface area contributed by atoms with Crippen LogP contribution >= 0.6 is 12.0 Å². The monoisotopic (exact) mass is 489 g/mol. The molecule has 0 aliphatic rings. The number of benzene rings is 3. The molecule has 0 amide bonds. The third kappa shape index (κ3) is 5.95. The number of ether oxygens (including phenoxy) is 2. The molecule has 0 saturated heterocycles. The molecule has 0 saturated carbocycles. The van der Waals surface area contributed by atoms with E-state index in [1.807, 2.05) is 85.8 Å². The van der Waals surface area contributed by atoms with E-state index in [1.165, 1.54) is 7.11 Å².